The summed E-state index contributed by atoms with van der Waals surface area (Å²) in [6.07, 6.45) is 8.06. The molecular formula is C17H28NO2+. The molecule has 1 fully saturated rings. The first-order valence-electron chi connectivity index (χ1n) is 7.99. The topological polar surface area (TPSA) is 22.9 Å². The Morgan fingerprint density at radius 3 is 2.30 bits per heavy atom. The van der Waals surface area contributed by atoms with Crippen molar-refractivity contribution in [3.63, 3.8) is 0 Å². The number of likely N-dealkylation sites (tertiary alicyclic amines) is 1. The van der Waals surface area contributed by atoms with Crippen molar-refractivity contribution in [3.05, 3.63) is 24.3 Å². The summed E-state index contributed by atoms with van der Waals surface area (Å²) in [5, 5.41) is 0. The number of piperidine rings is 1. The quantitative estimate of drug-likeness (QED) is 0.738. The molecule has 0 bridgehead atoms. The molecule has 0 radical (unpaired) electrons. The average molecular weight is 278 g/mol. The van der Waals surface area contributed by atoms with Crippen molar-refractivity contribution in [3.8, 4) is 11.5 Å². The first-order chi connectivity index (χ1) is 9.88. The van der Waals surface area contributed by atoms with E-state index in [-0.39, 0.29) is 0 Å². The van der Waals surface area contributed by atoms with Crippen LogP contribution in [0.2, 0.25) is 0 Å². The average Bonchev–Trinajstić information content (AvgIpc) is 2.52. The van der Waals surface area contributed by atoms with E-state index in [2.05, 4.69) is 0 Å². The molecule has 0 aliphatic carbocycles. The molecule has 112 valence electrons. The van der Waals surface area contributed by atoms with Gasteiger partial charge in [-0.25, -0.2) is 0 Å². The lowest BCUT2D eigenvalue weighted by molar-refractivity contribution is -0.905. The molecule has 0 spiro atoms. The fraction of sp³-hybridized carbons (Fsp3) is 0.647. The Labute approximate surface area is 122 Å². The Morgan fingerprint density at radius 2 is 1.60 bits per heavy atom. The molecule has 1 heterocycles. The SMILES string of the molecule is COc1ccc(OCCCCC[NH+]2CCCCC2)cc1. The highest BCUT2D eigenvalue weighted by Crippen LogP contribution is 2.17. The smallest absolute Gasteiger partial charge is 0.119 e. The second-order valence-electron chi connectivity index (χ2n) is 5.65. The molecule has 1 saturated heterocycles. The Bertz CT molecular complexity index is 358. The van der Waals surface area contributed by atoms with Gasteiger partial charge in [0.25, 0.3) is 0 Å². The van der Waals surface area contributed by atoms with Crippen molar-refractivity contribution in [2.75, 3.05) is 33.4 Å². The number of hydrogen-bond acceptors (Lipinski definition) is 2. The van der Waals surface area contributed by atoms with Gasteiger partial charge in [-0.15, -0.1) is 0 Å². The Balaban J connectivity index is 1.50. The normalized spacial score (nSPS) is 16.1. The van der Waals surface area contributed by atoms with Gasteiger partial charge in [0, 0.05) is 0 Å². The van der Waals surface area contributed by atoms with Gasteiger partial charge < -0.3 is 14.4 Å². The highest BCUT2D eigenvalue weighted by Gasteiger charge is 2.12. The summed E-state index contributed by atoms with van der Waals surface area (Å²) in [7, 11) is 1.68. The molecule has 1 aliphatic rings. The van der Waals surface area contributed by atoms with Crippen molar-refractivity contribution in [2.24, 2.45) is 0 Å². The van der Waals surface area contributed by atoms with Gasteiger partial charge in [0.05, 0.1) is 33.4 Å². The van der Waals surface area contributed by atoms with Gasteiger partial charge in [0.15, 0.2) is 0 Å². The van der Waals surface area contributed by atoms with Crippen molar-refractivity contribution in [1.29, 1.82) is 0 Å². The lowest BCUT2D eigenvalue weighted by Crippen LogP contribution is -3.12. The lowest BCUT2D eigenvalue weighted by Gasteiger charge is -2.23. The van der Waals surface area contributed by atoms with Gasteiger partial charge in [-0.05, 0) is 62.8 Å². The van der Waals surface area contributed by atoms with E-state index in [1.54, 1.807) is 7.11 Å². The summed E-state index contributed by atoms with van der Waals surface area (Å²) < 4.78 is 10.9. The van der Waals surface area contributed by atoms with E-state index in [1.165, 1.54) is 51.7 Å². The number of benzene rings is 1. The molecule has 20 heavy (non-hydrogen) atoms. The number of rotatable bonds is 8. The van der Waals surface area contributed by atoms with Crippen molar-refractivity contribution in [1.82, 2.24) is 0 Å². The minimum atomic E-state index is 0.821. The van der Waals surface area contributed by atoms with Gasteiger partial charge in [-0.1, -0.05) is 0 Å². The third kappa shape index (κ3) is 5.41. The summed E-state index contributed by atoms with van der Waals surface area (Å²) in [4.78, 5) is 1.81. The number of hydrogen-bond donors (Lipinski definition) is 1. The predicted octanol–water partition coefficient (Wildman–Crippen LogP) is 2.31. The van der Waals surface area contributed by atoms with Crippen LogP contribution in [-0.4, -0.2) is 33.4 Å². The Morgan fingerprint density at radius 1 is 0.900 bits per heavy atom. The van der Waals surface area contributed by atoms with Crippen molar-refractivity contribution < 1.29 is 14.4 Å². The van der Waals surface area contributed by atoms with E-state index in [0.717, 1.165) is 24.5 Å². The highest BCUT2D eigenvalue weighted by molar-refractivity contribution is 5.31. The molecule has 1 aromatic carbocycles. The lowest BCUT2D eigenvalue weighted by atomic mass is 10.1. The molecular weight excluding hydrogens is 250 g/mol. The van der Waals surface area contributed by atoms with Gasteiger partial charge in [-0.3, -0.25) is 0 Å². The fourth-order valence-electron chi connectivity index (χ4n) is 2.82. The summed E-state index contributed by atoms with van der Waals surface area (Å²) in [5.74, 6) is 1.81. The third-order valence-corrected chi connectivity index (χ3v) is 4.06. The predicted molar refractivity (Wildman–Crippen MR) is 81.8 cm³/mol. The van der Waals surface area contributed by atoms with E-state index >= 15 is 0 Å². The molecule has 1 N–H and O–H groups in total. The van der Waals surface area contributed by atoms with Gasteiger partial charge in [0.1, 0.15) is 11.5 Å². The van der Waals surface area contributed by atoms with E-state index in [1.807, 2.05) is 29.2 Å². The van der Waals surface area contributed by atoms with Crippen LogP contribution < -0.4 is 14.4 Å². The van der Waals surface area contributed by atoms with Crippen LogP contribution in [0.15, 0.2) is 24.3 Å². The zero-order valence-corrected chi connectivity index (χ0v) is 12.7. The second-order valence-corrected chi connectivity index (χ2v) is 5.65. The molecule has 3 heteroatoms. The number of unbranched alkanes of at least 4 members (excludes halogenated alkanes) is 2. The van der Waals surface area contributed by atoms with Crippen LogP contribution in [0, 0.1) is 0 Å². The van der Waals surface area contributed by atoms with Gasteiger partial charge in [0.2, 0.25) is 0 Å². The van der Waals surface area contributed by atoms with Crippen LogP contribution >= 0.6 is 0 Å². The van der Waals surface area contributed by atoms with E-state index < -0.39 is 0 Å². The van der Waals surface area contributed by atoms with Gasteiger partial charge in [-0.2, -0.15) is 0 Å². The summed E-state index contributed by atoms with van der Waals surface area (Å²) in [5.41, 5.74) is 0. The van der Waals surface area contributed by atoms with Crippen LogP contribution in [0.3, 0.4) is 0 Å². The molecule has 0 unspecified atom stereocenters. The number of nitrogens with one attached hydrogen (secondary N) is 1. The number of quaternary nitrogens is 1. The van der Waals surface area contributed by atoms with E-state index in [0.29, 0.717) is 0 Å². The van der Waals surface area contributed by atoms with E-state index in [9.17, 15) is 0 Å². The molecule has 1 aromatic rings. The molecule has 1 aliphatic heterocycles. The van der Waals surface area contributed by atoms with Crippen molar-refractivity contribution in [2.45, 2.75) is 38.5 Å². The standard InChI is InChI=1S/C17H27NO2/c1-19-16-8-10-17(11-9-16)20-15-7-3-6-14-18-12-4-2-5-13-18/h8-11H,2-7,12-15H2,1H3/p+1. The molecule has 0 atom stereocenters. The van der Waals surface area contributed by atoms with Crippen molar-refractivity contribution >= 4 is 0 Å². The molecule has 2 rings (SSSR count). The maximum Gasteiger partial charge on any atom is 0.119 e. The first kappa shape index (κ1) is 15.2. The van der Waals surface area contributed by atoms with Gasteiger partial charge >= 0.3 is 0 Å². The van der Waals surface area contributed by atoms with Crippen LogP contribution in [0.25, 0.3) is 0 Å². The number of methoxy groups -OCH3 is 1. The second kappa shape index (κ2) is 8.85. The van der Waals surface area contributed by atoms with E-state index in [4.69, 9.17) is 9.47 Å². The summed E-state index contributed by atoms with van der Waals surface area (Å²) >= 11 is 0. The van der Waals surface area contributed by atoms with Crippen LogP contribution in [0.4, 0.5) is 0 Å². The Kier molecular flexibility index (Phi) is 6.72. The maximum absolute atomic E-state index is 5.74. The molecule has 0 amide bonds. The zero-order valence-electron chi connectivity index (χ0n) is 12.7. The molecule has 0 saturated carbocycles. The molecule has 0 aromatic heterocycles. The first-order valence-corrected chi connectivity index (χ1v) is 7.99. The Hall–Kier alpha value is -1.22. The largest absolute Gasteiger partial charge is 0.497 e. The van der Waals surface area contributed by atoms with Crippen LogP contribution in [-0.2, 0) is 0 Å². The summed E-state index contributed by atoms with van der Waals surface area (Å²) in [6.45, 7) is 4.95. The third-order valence-electron chi connectivity index (χ3n) is 4.06. The highest BCUT2D eigenvalue weighted by atomic mass is 16.5. The van der Waals surface area contributed by atoms with Crippen LogP contribution in [0.5, 0.6) is 11.5 Å². The monoisotopic (exact) mass is 278 g/mol. The fourth-order valence-corrected chi connectivity index (χ4v) is 2.82. The zero-order chi connectivity index (χ0) is 14.0. The summed E-state index contributed by atoms with van der Waals surface area (Å²) in [6, 6.07) is 7.82. The minimum absolute atomic E-state index is 0.821. The van der Waals surface area contributed by atoms with Crippen LogP contribution in [0.1, 0.15) is 38.5 Å². The maximum atomic E-state index is 5.74. The molecule has 3 nitrogen and oxygen atoms in total. The number of ether oxygens (including phenoxy) is 2. The minimum Gasteiger partial charge on any atom is -0.497 e.